The molecule has 2 aromatic heterocycles. The highest BCUT2D eigenvalue weighted by Crippen LogP contribution is 2.16. The predicted octanol–water partition coefficient (Wildman–Crippen LogP) is -0.651. The van der Waals surface area contributed by atoms with Crippen molar-refractivity contribution in [1.29, 1.82) is 0 Å². The molecule has 0 unspecified atom stereocenters. The summed E-state index contributed by atoms with van der Waals surface area (Å²) >= 11 is 1.83. The smallest absolute Gasteiger partial charge is 0.240 e. The number of nitrogens with zero attached hydrogens (tertiary/aromatic N) is 2. The molecule has 2 aromatic rings. The molecule has 0 N–H and O–H groups in total. The van der Waals surface area contributed by atoms with Crippen LogP contribution in [0.5, 0.6) is 0 Å². The van der Waals surface area contributed by atoms with Gasteiger partial charge in [0, 0.05) is 38.4 Å². The number of aryl methyl sites for hydroxylation is 2. The van der Waals surface area contributed by atoms with Crippen LogP contribution in [-0.4, -0.2) is 4.98 Å². The quantitative estimate of drug-likeness (QED) is 0.501. The van der Waals surface area contributed by atoms with E-state index in [0.717, 1.165) is 0 Å². The van der Waals surface area contributed by atoms with E-state index in [1.165, 1.54) is 21.3 Å². The highest BCUT2D eigenvalue weighted by atomic mass is 127. The lowest BCUT2D eigenvalue weighted by atomic mass is 10.3. The number of pyridine rings is 1. The Labute approximate surface area is 111 Å². The molecule has 0 aliphatic carbocycles. The van der Waals surface area contributed by atoms with E-state index in [2.05, 4.69) is 30.3 Å². The zero-order valence-electron chi connectivity index (χ0n) is 8.99. The summed E-state index contributed by atoms with van der Waals surface area (Å²) in [6.07, 6.45) is 3.66. The minimum atomic E-state index is 0. The zero-order valence-corrected chi connectivity index (χ0v) is 12.0. The topological polar surface area (TPSA) is 16.8 Å². The van der Waals surface area contributed by atoms with Gasteiger partial charge in [0.1, 0.15) is 0 Å². The van der Waals surface area contributed by atoms with Gasteiger partial charge < -0.3 is 24.0 Å². The molecule has 0 radical (unpaired) electrons. The fraction of sp³-hybridized carbons (Fsp3) is 0.273. The number of rotatable bonds is 1. The molecule has 0 saturated carbocycles. The van der Waals surface area contributed by atoms with Gasteiger partial charge >= 0.3 is 0 Å². The van der Waals surface area contributed by atoms with E-state index in [1.807, 2.05) is 35.9 Å². The molecular weight excluding hydrogens is 319 g/mol. The largest absolute Gasteiger partial charge is 1.00 e. The van der Waals surface area contributed by atoms with Crippen LogP contribution in [0.4, 0.5) is 0 Å². The molecule has 0 aliphatic rings. The Morgan fingerprint density at radius 2 is 1.73 bits per heavy atom. The van der Waals surface area contributed by atoms with E-state index in [0.29, 0.717) is 0 Å². The van der Waals surface area contributed by atoms with Crippen LogP contribution in [0.15, 0.2) is 24.5 Å². The first-order valence-electron chi connectivity index (χ1n) is 4.59. The molecule has 0 aliphatic heterocycles. The summed E-state index contributed by atoms with van der Waals surface area (Å²) in [5.74, 6) is 0. The van der Waals surface area contributed by atoms with Crippen LogP contribution in [-0.2, 0) is 0 Å². The summed E-state index contributed by atoms with van der Waals surface area (Å²) in [6, 6.07) is 4.07. The average Bonchev–Trinajstić information content (AvgIpc) is 2.43. The van der Waals surface area contributed by atoms with E-state index in [1.54, 1.807) is 0 Å². The summed E-state index contributed by atoms with van der Waals surface area (Å²) < 4.78 is 2.27. The van der Waals surface area contributed by atoms with Gasteiger partial charge in [0.25, 0.3) is 0 Å². The Morgan fingerprint density at radius 3 is 2.20 bits per heavy atom. The van der Waals surface area contributed by atoms with Crippen molar-refractivity contribution in [2.75, 3.05) is 0 Å². The minimum Gasteiger partial charge on any atom is -1.00 e. The Bertz CT molecular complexity index is 451. The first kappa shape index (κ1) is 12.6. The Kier molecular flexibility index (Phi) is 4.21. The van der Waals surface area contributed by atoms with Crippen molar-refractivity contribution in [2.24, 2.45) is 0 Å². The monoisotopic (exact) mass is 332 g/mol. The summed E-state index contributed by atoms with van der Waals surface area (Å²) in [6.45, 7) is 6.45. The SMILES string of the molecule is Cc1sc(C)[n+](-c2ccncc2)c1C.[I-]. The molecule has 0 aromatic carbocycles. The molecule has 4 heteroatoms. The summed E-state index contributed by atoms with van der Waals surface area (Å²) in [4.78, 5) is 5.40. The standard InChI is InChI=1S/C11H13N2S.HI/c1-8-9(2)14-10(3)13(8)11-4-6-12-7-5-11;/h4-7H,1-3H3;1H/q+1;/p-1. The van der Waals surface area contributed by atoms with Gasteiger partial charge in [-0.25, -0.2) is 0 Å². The van der Waals surface area contributed by atoms with Gasteiger partial charge in [-0.1, -0.05) is 11.3 Å². The molecule has 0 bridgehead atoms. The first-order chi connectivity index (χ1) is 6.70. The van der Waals surface area contributed by atoms with Crippen LogP contribution in [0.2, 0.25) is 0 Å². The van der Waals surface area contributed by atoms with Crippen LogP contribution < -0.4 is 28.5 Å². The molecular formula is C11H13IN2S. The lowest BCUT2D eigenvalue weighted by Crippen LogP contribution is -3.00. The number of thiazole rings is 1. The highest BCUT2D eigenvalue weighted by molar-refractivity contribution is 7.11. The fourth-order valence-corrected chi connectivity index (χ4v) is 2.62. The van der Waals surface area contributed by atoms with Crippen molar-refractivity contribution in [3.8, 4) is 5.69 Å². The maximum absolute atomic E-state index is 4.03. The number of hydrogen-bond acceptors (Lipinski definition) is 2. The third kappa shape index (κ3) is 2.36. The number of hydrogen-bond donors (Lipinski definition) is 0. The molecule has 2 nitrogen and oxygen atoms in total. The third-order valence-corrected chi connectivity index (χ3v) is 3.46. The Balaban J connectivity index is 0.00000112. The van der Waals surface area contributed by atoms with Crippen LogP contribution >= 0.6 is 11.3 Å². The normalized spacial score (nSPS) is 9.80. The molecule has 0 amide bonds. The molecule has 0 atom stereocenters. The van der Waals surface area contributed by atoms with Crippen LogP contribution in [0.3, 0.4) is 0 Å². The molecule has 0 fully saturated rings. The lowest BCUT2D eigenvalue weighted by molar-refractivity contribution is -0.603. The van der Waals surface area contributed by atoms with Gasteiger partial charge in [0.2, 0.25) is 10.7 Å². The summed E-state index contributed by atoms with van der Waals surface area (Å²) in [5.41, 5.74) is 2.51. The van der Waals surface area contributed by atoms with E-state index in [-0.39, 0.29) is 24.0 Å². The van der Waals surface area contributed by atoms with Gasteiger partial charge in [-0.3, -0.25) is 4.98 Å². The van der Waals surface area contributed by atoms with E-state index < -0.39 is 0 Å². The number of halogens is 1. The van der Waals surface area contributed by atoms with E-state index >= 15 is 0 Å². The van der Waals surface area contributed by atoms with Crippen molar-refractivity contribution in [3.05, 3.63) is 40.1 Å². The van der Waals surface area contributed by atoms with E-state index in [9.17, 15) is 0 Å². The molecule has 80 valence electrons. The van der Waals surface area contributed by atoms with Gasteiger partial charge in [0.05, 0.1) is 4.88 Å². The van der Waals surface area contributed by atoms with Crippen LogP contribution in [0, 0.1) is 20.8 Å². The van der Waals surface area contributed by atoms with Gasteiger partial charge in [-0.15, -0.1) is 0 Å². The summed E-state index contributed by atoms with van der Waals surface area (Å²) in [5, 5.41) is 1.31. The van der Waals surface area contributed by atoms with E-state index in [4.69, 9.17) is 0 Å². The van der Waals surface area contributed by atoms with Crippen molar-refractivity contribution in [3.63, 3.8) is 0 Å². The molecule has 15 heavy (non-hydrogen) atoms. The first-order valence-corrected chi connectivity index (χ1v) is 5.41. The fourth-order valence-electron chi connectivity index (χ4n) is 1.60. The van der Waals surface area contributed by atoms with Crippen molar-refractivity contribution in [1.82, 2.24) is 4.98 Å². The maximum atomic E-state index is 4.03. The van der Waals surface area contributed by atoms with Crippen molar-refractivity contribution in [2.45, 2.75) is 20.8 Å². The second kappa shape index (κ2) is 5.03. The average molecular weight is 332 g/mol. The lowest BCUT2D eigenvalue weighted by Gasteiger charge is -1.94. The Morgan fingerprint density at radius 1 is 1.13 bits per heavy atom. The predicted molar refractivity (Wildman–Crippen MR) is 57.9 cm³/mol. The summed E-state index contributed by atoms with van der Waals surface area (Å²) in [7, 11) is 0. The molecule has 2 rings (SSSR count). The third-order valence-electron chi connectivity index (χ3n) is 2.38. The maximum Gasteiger partial charge on any atom is 0.240 e. The highest BCUT2D eigenvalue weighted by Gasteiger charge is 2.19. The molecule has 0 spiro atoms. The zero-order chi connectivity index (χ0) is 10.1. The minimum absolute atomic E-state index is 0. The van der Waals surface area contributed by atoms with Gasteiger partial charge in [0.15, 0.2) is 5.69 Å². The van der Waals surface area contributed by atoms with Gasteiger partial charge in [-0.2, -0.15) is 4.57 Å². The second-order valence-corrected chi connectivity index (χ2v) is 4.71. The van der Waals surface area contributed by atoms with Gasteiger partial charge in [-0.05, 0) is 6.92 Å². The van der Waals surface area contributed by atoms with Crippen LogP contribution in [0.25, 0.3) is 5.69 Å². The van der Waals surface area contributed by atoms with Crippen molar-refractivity contribution >= 4 is 11.3 Å². The molecule has 0 saturated heterocycles. The number of aromatic nitrogens is 2. The van der Waals surface area contributed by atoms with Crippen molar-refractivity contribution < 1.29 is 28.5 Å². The second-order valence-electron chi connectivity index (χ2n) is 3.30. The van der Waals surface area contributed by atoms with Crippen LogP contribution in [0.1, 0.15) is 15.6 Å². The molecule has 2 heterocycles. The Hall–Kier alpha value is -0.490.